The van der Waals surface area contributed by atoms with E-state index in [0.29, 0.717) is 0 Å². The number of likely N-dealkylation sites (tertiary alicyclic amines) is 1. The van der Waals surface area contributed by atoms with Crippen LogP contribution in [0, 0.1) is 0 Å². The zero-order valence-electron chi connectivity index (χ0n) is 9.29. The van der Waals surface area contributed by atoms with Gasteiger partial charge in [-0.2, -0.15) is 0 Å². The summed E-state index contributed by atoms with van der Waals surface area (Å²) in [6.07, 6.45) is 2.28. The van der Waals surface area contributed by atoms with Crippen LogP contribution in [-0.4, -0.2) is 67.0 Å². The zero-order chi connectivity index (χ0) is 10.3. The number of amides is 2. The van der Waals surface area contributed by atoms with Crippen LogP contribution < -0.4 is 0 Å². The van der Waals surface area contributed by atoms with Gasteiger partial charge >= 0.3 is 6.03 Å². The van der Waals surface area contributed by atoms with Crippen LogP contribution in [0.2, 0.25) is 0 Å². The molecule has 2 aliphatic rings. The van der Waals surface area contributed by atoms with Crippen molar-refractivity contribution in [1.29, 1.82) is 0 Å². The smallest absolute Gasteiger partial charge is 0.320 e. The normalized spacial score (nSPS) is 25.2. The minimum Gasteiger partial charge on any atom is -0.331 e. The highest BCUT2D eigenvalue weighted by atomic mass is 16.2. The number of piperidine rings is 1. The van der Waals surface area contributed by atoms with Gasteiger partial charge in [-0.1, -0.05) is 0 Å². The van der Waals surface area contributed by atoms with Crippen LogP contribution in [0.25, 0.3) is 0 Å². The first-order valence-corrected chi connectivity index (χ1v) is 5.23. The highest BCUT2D eigenvalue weighted by Gasteiger charge is 2.55. The molecule has 1 spiro atoms. The van der Waals surface area contributed by atoms with Gasteiger partial charge in [0.15, 0.2) is 0 Å². The van der Waals surface area contributed by atoms with Crippen molar-refractivity contribution < 1.29 is 4.79 Å². The van der Waals surface area contributed by atoms with Crippen molar-refractivity contribution in [2.24, 2.45) is 0 Å². The molecule has 2 amide bonds. The Kier molecular flexibility index (Phi) is 2.18. The third kappa shape index (κ3) is 1.47. The van der Waals surface area contributed by atoms with Gasteiger partial charge in [-0.05, 0) is 19.9 Å². The van der Waals surface area contributed by atoms with Gasteiger partial charge < -0.3 is 14.7 Å². The average molecular weight is 197 g/mol. The van der Waals surface area contributed by atoms with E-state index in [0.717, 1.165) is 32.5 Å². The van der Waals surface area contributed by atoms with Crippen LogP contribution in [0.5, 0.6) is 0 Å². The summed E-state index contributed by atoms with van der Waals surface area (Å²) in [4.78, 5) is 17.7. The lowest BCUT2D eigenvalue weighted by molar-refractivity contribution is 0.175. The fourth-order valence-corrected chi connectivity index (χ4v) is 2.23. The van der Waals surface area contributed by atoms with Crippen LogP contribution in [-0.2, 0) is 0 Å². The van der Waals surface area contributed by atoms with E-state index in [1.165, 1.54) is 0 Å². The molecule has 0 aliphatic carbocycles. The fourth-order valence-electron chi connectivity index (χ4n) is 2.23. The topological polar surface area (TPSA) is 26.6 Å². The van der Waals surface area contributed by atoms with Gasteiger partial charge in [0.05, 0.1) is 5.54 Å². The minimum atomic E-state index is 0.176. The first-order valence-electron chi connectivity index (χ1n) is 5.23. The molecule has 2 aliphatic heterocycles. The van der Waals surface area contributed by atoms with Crippen molar-refractivity contribution in [3.8, 4) is 0 Å². The van der Waals surface area contributed by atoms with Gasteiger partial charge in [-0.3, -0.25) is 0 Å². The quantitative estimate of drug-likeness (QED) is 0.527. The van der Waals surface area contributed by atoms with Crippen molar-refractivity contribution in [1.82, 2.24) is 14.7 Å². The van der Waals surface area contributed by atoms with Crippen molar-refractivity contribution in [2.75, 3.05) is 40.8 Å². The first kappa shape index (κ1) is 9.77. The van der Waals surface area contributed by atoms with Gasteiger partial charge in [0, 0.05) is 33.7 Å². The van der Waals surface area contributed by atoms with Crippen molar-refractivity contribution in [3.05, 3.63) is 0 Å². The Morgan fingerprint density at radius 1 is 1.29 bits per heavy atom. The summed E-state index contributed by atoms with van der Waals surface area (Å²) in [5, 5.41) is 0. The van der Waals surface area contributed by atoms with E-state index in [2.05, 4.69) is 11.9 Å². The maximum Gasteiger partial charge on any atom is 0.320 e. The van der Waals surface area contributed by atoms with Crippen molar-refractivity contribution in [2.45, 2.75) is 18.4 Å². The lowest BCUT2D eigenvalue weighted by atomic mass is 9.97. The maximum atomic E-state index is 11.7. The lowest BCUT2D eigenvalue weighted by Crippen LogP contribution is -2.40. The van der Waals surface area contributed by atoms with Gasteiger partial charge in [-0.25, -0.2) is 4.79 Å². The molecule has 0 saturated carbocycles. The molecule has 0 unspecified atom stereocenters. The zero-order valence-corrected chi connectivity index (χ0v) is 9.29. The molecule has 2 rings (SSSR count). The number of rotatable bonds is 0. The Hall–Kier alpha value is -0.770. The van der Waals surface area contributed by atoms with Crippen LogP contribution in [0.1, 0.15) is 12.8 Å². The van der Waals surface area contributed by atoms with E-state index < -0.39 is 0 Å². The molecule has 0 aromatic carbocycles. The van der Waals surface area contributed by atoms with E-state index in [1.807, 2.05) is 19.0 Å². The minimum absolute atomic E-state index is 0.176. The molecular weight excluding hydrogens is 178 g/mol. The highest BCUT2D eigenvalue weighted by molar-refractivity contribution is 5.78. The molecule has 80 valence electrons. The summed E-state index contributed by atoms with van der Waals surface area (Å²) in [6, 6.07) is 0.176. The molecule has 0 aromatic heterocycles. The standard InChI is InChI=1S/C10H19N3O/c1-11(2)9(14)13-8-10(13)4-6-12(3)7-5-10/h4-8H2,1-3H3. The maximum absolute atomic E-state index is 11.7. The number of carbonyl (C=O) groups excluding carboxylic acids is 1. The molecule has 0 aromatic rings. The predicted molar refractivity (Wildman–Crippen MR) is 55.3 cm³/mol. The molecular formula is C10H19N3O. The Labute approximate surface area is 85.5 Å². The number of hydrogen-bond donors (Lipinski definition) is 0. The molecule has 0 N–H and O–H groups in total. The molecule has 0 atom stereocenters. The summed E-state index contributed by atoms with van der Waals surface area (Å²) < 4.78 is 0. The second-order valence-electron chi connectivity index (χ2n) is 4.79. The first-order chi connectivity index (χ1) is 6.55. The Bertz CT molecular complexity index is 244. The van der Waals surface area contributed by atoms with Gasteiger partial charge in [-0.15, -0.1) is 0 Å². The largest absolute Gasteiger partial charge is 0.331 e. The third-order valence-corrected chi connectivity index (χ3v) is 3.45. The van der Waals surface area contributed by atoms with Crippen LogP contribution >= 0.6 is 0 Å². The second-order valence-corrected chi connectivity index (χ2v) is 4.79. The molecule has 2 saturated heterocycles. The SMILES string of the molecule is CN1CCC2(CC1)CN2C(=O)N(C)C. The number of carbonyl (C=O) groups is 1. The highest BCUT2D eigenvalue weighted by Crippen LogP contribution is 2.41. The van der Waals surface area contributed by atoms with Crippen LogP contribution in [0.3, 0.4) is 0 Å². The Morgan fingerprint density at radius 3 is 2.36 bits per heavy atom. The molecule has 2 fully saturated rings. The van der Waals surface area contributed by atoms with E-state index in [4.69, 9.17) is 0 Å². The molecule has 4 heteroatoms. The van der Waals surface area contributed by atoms with Gasteiger partial charge in [0.1, 0.15) is 0 Å². The van der Waals surface area contributed by atoms with Crippen LogP contribution in [0.15, 0.2) is 0 Å². The summed E-state index contributed by atoms with van der Waals surface area (Å²) in [5.74, 6) is 0. The number of hydrogen-bond acceptors (Lipinski definition) is 2. The molecule has 0 bridgehead atoms. The predicted octanol–water partition coefficient (Wildman–Crippen LogP) is 0.448. The molecule has 0 radical (unpaired) electrons. The van der Waals surface area contributed by atoms with E-state index in [9.17, 15) is 4.79 Å². The van der Waals surface area contributed by atoms with E-state index >= 15 is 0 Å². The number of urea groups is 1. The lowest BCUT2D eigenvalue weighted by Gasteiger charge is -2.29. The van der Waals surface area contributed by atoms with E-state index in [1.54, 1.807) is 4.90 Å². The molecule has 14 heavy (non-hydrogen) atoms. The summed E-state index contributed by atoms with van der Waals surface area (Å²) >= 11 is 0. The number of nitrogens with zero attached hydrogens (tertiary/aromatic N) is 3. The van der Waals surface area contributed by atoms with Gasteiger partial charge in [0.25, 0.3) is 0 Å². The fraction of sp³-hybridized carbons (Fsp3) is 0.900. The van der Waals surface area contributed by atoms with E-state index in [-0.39, 0.29) is 11.6 Å². The molecule has 4 nitrogen and oxygen atoms in total. The van der Waals surface area contributed by atoms with Crippen molar-refractivity contribution >= 4 is 6.03 Å². The third-order valence-electron chi connectivity index (χ3n) is 3.45. The Morgan fingerprint density at radius 2 is 1.86 bits per heavy atom. The monoisotopic (exact) mass is 197 g/mol. The van der Waals surface area contributed by atoms with Gasteiger partial charge in [0.2, 0.25) is 0 Å². The molecule has 2 heterocycles. The van der Waals surface area contributed by atoms with Crippen LogP contribution in [0.4, 0.5) is 4.79 Å². The van der Waals surface area contributed by atoms with Crippen molar-refractivity contribution in [3.63, 3.8) is 0 Å². The average Bonchev–Trinajstić information content (AvgIpc) is 2.84. The summed E-state index contributed by atoms with van der Waals surface area (Å²) in [7, 11) is 5.79. The second kappa shape index (κ2) is 3.12. The Balaban J connectivity index is 1.94. The summed E-state index contributed by atoms with van der Waals surface area (Å²) in [5.41, 5.74) is 0.230. The summed E-state index contributed by atoms with van der Waals surface area (Å²) in [6.45, 7) is 3.21.